The van der Waals surface area contributed by atoms with Crippen molar-refractivity contribution in [1.82, 2.24) is 9.97 Å². The third-order valence-electron chi connectivity index (χ3n) is 5.50. The Morgan fingerprint density at radius 1 is 1.27 bits per heavy atom. The Morgan fingerprint density at radius 2 is 2.05 bits per heavy atom. The molecule has 2 aromatic heterocycles. The van der Waals surface area contributed by atoms with E-state index in [1.54, 1.807) is 30.3 Å². The van der Waals surface area contributed by atoms with Crippen LogP contribution in [-0.2, 0) is 5.75 Å². The number of nitrogens with zero attached hydrogens (tertiary/aromatic N) is 4. The van der Waals surface area contributed by atoms with Gasteiger partial charge in [0.05, 0.1) is 31.5 Å². The molecule has 0 fully saturated rings. The SMILES string of the molecule is [C-]#[N+]c1c(N)nc(SCc2csc(Nc3ccc(F)c(OC)c3)n2)c(C#N)c1-c1ccc(OC[C@@H](O)CO)cc1. The number of ether oxygens (including phenoxy) is 2. The van der Waals surface area contributed by atoms with Gasteiger partial charge in [-0.15, -0.1) is 11.3 Å². The molecule has 2 heterocycles. The predicted octanol–water partition coefficient (Wildman–Crippen LogP) is 5.13. The van der Waals surface area contributed by atoms with Crippen LogP contribution in [0.2, 0.25) is 0 Å². The topological polar surface area (TPSA) is 151 Å². The third-order valence-corrected chi connectivity index (χ3v) is 7.31. The highest BCUT2D eigenvalue weighted by Crippen LogP contribution is 2.42. The van der Waals surface area contributed by atoms with Crippen LogP contribution in [0.5, 0.6) is 11.5 Å². The second kappa shape index (κ2) is 13.1. The Morgan fingerprint density at radius 3 is 2.73 bits per heavy atom. The maximum Gasteiger partial charge on any atom is 0.236 e. The number of pyridine rings is 1. The van der Waals surface area contributed by atoms with Crippen LogP contribution in [0.25, 0.3) is 16.0 Å². The maximum atomic E-state index is 13.7. The fourth-order valence-electron chi connectivity index (χ4n) is 3.57. The lowest BCUT2D eigenvalue weighted by Gasteiger charge is -2.14. The van der Waals surface area contributed by atoms with Crippen molar-refractivity contribution in [3.05, 3.63) is 76.3 Å². The molecule has 0 saturated heterocycles. The summed E-state index contributed by atoms with van der Waals surface area (Å²) in [5.41, 5.74) is 8.68. The Balaban J connectivity index is 1.54. The van der Waals surface area contributed by atoms with Gasteiger partial charge in [-0.05, 0) is 29.8 Å². The summed E-state index contributed by atoms with van der Waals surface area (Å²) >= 11 is 2.63. The molecule has 0 aliphatic heterocycles. The van der Waals surface area contributed by atoms with Gasteiger partial charge in [0.25, 0.3) is 0 Å². The molecule has 0 aliphatic carbocycles. The molecule has 204 valence electrons. The van der Waals surface area contributed by atoms with Crippen molar-refractivity contribution >= 4 is 45.4 Å². The number of hydrogen-bond acceptors (Lipinski definition) is 11. The summed E-state index contributed by atoms with van der Waals surface area (Å²) in [6.45, 7) is 7.13. The molecule has 2 aromatic carbocycles. The van der Waals surface area contributed by atoms with Crippen molar-refractivity contribution < 1.29 is 24.1 Å². The number of benzene rings is 2. The number of anilines is 3. The van der Waals surface area contributed by atoms with E-state index in [9.17, 15) is 14.8 Å². The van der Waals surface area contributed by atoms with E-state index in [0.717, 1.165) is 5.69 Å². The lowest BCUT2D eigenvalue weighted by molar-refractivity contribution is 0.0536. The molecule has 0 radical (unpaired) electrons. The van der Waals surface area contributed by atoms with Crippen LogP contribution in [-0.4, -0.2) is 46.6 Å². The summed E-state index contributed by atoms with van der Waals surface area (Å²) in [7, 11) is 1.39. The molecule has 40 heavy (non-hydrogen) atoms. The number of aliphatic hydroxyl groups is 2. The summed E-state index contributed by atoms with van der Waals surface area (Å²) in [4.78, 5) is 12.4. The number of nitrogen functional groups attached to an aromatic ring is 1. The minimum absolute atomic E-state index is 0.00350. The summed E-state index contributed by atoms with van der Waals surface area (Å²) in [5, 5.41) is 34.4. The summed E-state index contributed by atoms with van der Waals surface area (Å²) in [5.74, 6) is 0.482. The molecule has 0 unspecified atom stereocenters. The van der Waals surface area contributed by atoms with Gasteiger partial charge >= 0.3 is 0 Å². The fraction of sp³-hybridized carbons (Fsp3) is 0.185. The maximum absolute atomic E-state index is 13.7. The van der Waals surface area contributed by atoms with Crippen molar-refractivity contribution in [1.29, 1.82) is 5.26 Å². The van der Waals surface area contributed by atoms with Gasteiger partial charge in [-0.2, -0.15) is 5.26 Å². The minimum Gasteiger partial charge on any atom is -0.494 e. The van der Waals surface area contributed by atoms with E-state index in [1.165, 1.54) is 42.3 Å². The molecular weight excluding hydrogens is 555 g/mol. The zero-order valence-corrected chi connectivity index (χ0v) is 22.7. The van der Waals surface area contributed by atoms with Crippen LogP contribution in [0.15, 0.2) is 52.9 Å². The molecule has 13 heteroatoms. The smallest absolute Gasteiger partial charge is 0.236 e. The number of aromatic nitrogens is 2. The van der Waals surface area contributed by atoms with Gasteiger partial charge in [0.15, 0.2) is 16.7 Å². The molecule has 0 amide bonds. The zero-order valence-electron chi connectivity index (χ0n) is 21.1. The number of thiazole rings is 1. The molecule has 0 bridgehead atoms. The van der Waals surface area contributed by atoms with Crippen LogP contribution in [0.4, 0.5) is 26.7 Å². The average Bonchev–Trinajstić information content (AvgIpc) is 3.42. The Kier molecular flexibility index (Phi) is 9.37. The summed E-state index contributed by atoms with van der Waals surface area (Å²) < 4.78 is 24.2. The van der Waals surface area contributed by atoms with E-state index in [2.05, 4.69) is 26.2 Å². The predicted molar refractivity (Wildman–Crippen MR) is 152 cm³/mol. The Hall–Kier alpha value is -4.40. The molecular formula is C27H23FN6O4S2. The lowest BCUT2D eigenvalue weighted by Crippen LogP contribution is -2.21. The van der Waals surface area contributed by atoms with Gasteiger partial charge in [-0.25, -0.2) is 19.2 Å². The molecule has 4 aromatic rings. The number of methoxy groups -OCH3 is 1. The van der Waals surface area contributed by atoms with E-state index in [0.29, 0.717) is 38.5 Å². The number of halogens is 1. The van der Waals surface area contributed by atoms with Gasteiger partial charge in [0.1, 0.15) is 35.4 Å². The first kappa shape index (κ1) is 28.6. The third kappa shape index (κ3) is 6.59. The van der Waals surface area contributed by atoms with Crippen LogP contribution in [0, 0.1) is 23.7 Å². The lowest BCUT2D eigenvalue weighted by atomic mass is 10.00. The minimum atomic E-state index is -1.01. The normalized spacial score (nSPS) is 11.3. The van der Waals surface area contributed by atoms with E-state index in [4.69, 9.17) is 26.9 Å². The van der Waals surface area contributed by atoms with Crippen molar-refractivity contribution in [2.24, 2.45) is 0 Å². The summed E-state index contributed by atoms with van der Waals surface area (Å²) in [6.07, 6.45) is -1.01. The summed E-state index contributed by atoms with van der Waals surface area (Å²) in [6, 6.07) is 13.2. The molecule has 0 saturated carbocycles. The van der Waals surface area contributed by atoms with Gasteiger partial charge in [-0.3, -0.25) is 0 Å². The number of nitrogens with one attached hydrogen (secondary N) is 1. The monoisotopic (exact) mass is 578 g/mol. The molecule has 10 nitrogen and oxygen atoms in total. The van der Waals surface area contributed by atoms with Gasteiger partial charge in [0, 0.05) is 28.5 Å². The number of nitriles is 1. The quantitative estimate of drug-likeness (QED) is 0.139. The van der Waals surface area contributed by atoms with E-state index in [-0.39, 0.29) is 29.4 Å². The van der Waals surface area contributed by atoms with Crippen LogP contribution >= 0.6 is 23.1 Å². The first-order valence-electron chi connectivity index (χ1n) is 11.7. The zero-order chi connectivity index (χ0) is 28.6. The molecule has 0 aliphatic rings. The Labute approximate surface area is 237 Å². The fourth-order valence-corrected chi connectivity index (χ4v) is 5.29. The number of hydrogen-bond donors (Lipinski definition) is 4. The highest BCUT2D eigenvalue weighted by atomic mass is 32.2. The Bertz CT molecular complexity index is 1580. The standard InChI is InChI=1S/C27H23FN6O4S2/c1-31-24-23(15-3-6-19(7-4-15)38-12-18(36)11-35)20(10-29)26(34-25(24)30)39-13-17-14-40-27(33-17)32-16-5-8-21(28)22(9-16)37-2/h3-9,14,18,35-36H,11-13H2,2H3,(H2,30,34)(H,32,33)/t18-/m0/s1. The van der Waals surface area contributed by atoms with Gasteiger partial charge in [-0.1, -0.05) is 23.9 Å². The largest absolute Gasteiger partial charge is 0.494 e. The highest BCUT2D eigenvalue weighted by Gasteiger charge is 2.21. The second-order valence-corrected chi connectivity index (χ2v) is 10.0. The number of nitrogens with two attached hydrogens (primary N) is 1. The van der Waals surface area contributed by atoms with E-state index < -0.39 is 18.5 Å². The molecule has 5 N–H and O–H groups in total. The number of rotatable bonds is 11. The first-order chi connectivity index (χ1) is 19.4. The van der Waals surface area contributed by atoms with Crippen molar-refractivity contribution in [2.75, 3.05) is 31.4 Å². The average molecular weight is 579 g/mol. The second-order valence-electron chi connectivity index (χ2n) is 8.20. The highest BCUT2D eigenvalue weighted by molar-refractivity contribution is 7.98. The van der Waals surface area contributed by atoms with Gasteiger partial charge in [0.2, 0.25) is 5.69 Å². The molecule has 4 rings (SSSR count). The first-order valence-corrected chi connectivity index (χ1v) is 13.5. The van der Waals surface area contributed by atoms with Crippen LogP contribution in [0.1, 0.15) is 11.3 Å². The molecule has 0 spiro atoms. The van der Waals surface area contributed by atoms with Crippen molar-refractivity contribution in [3.8, 4) is 28.7 Å². The van der Waals surface area contributed by atoms with E-state index in [1.807, 2.05) is 5.38 Å². The van der Waals surface area contributed by atoms with Gasteiger partial charge < -0.3 is 30.7 Å². The number of thioether (sulfide) groups is 1. The number of aliphatic hydroxyl groups excluding tert-OH is 2. The van der Waals surface area contributed by atoms with Crippen molar-refractivity contribution in [2.45, 2.75) is 16.9 Å². The molecule has 1 atom stereocenters. The van der Waals surface area contributed by atoms with Crippen LogP contribution < -0.4 is 20.5 Å². The van der Waals surface area contributed by atoms with Crippen LogP contribution in [0.3, 0.4) is 0 Å². The van der Waals surface area contributed by atoms with E-state index >= 15 is 0 Å². The van der Waals surface area contributed by atoms with Crippen molar-refractivity contribution in [3.63, 3.8) is 0 Å².